The molecule has 1 aliphatic rings. The molecule has 1 atom stereocenters. The predicted molar refractivity (Wildman–Crippen MR) is 119 cm³/mol. The summed E-state index contributed by atoms with van der Waals surface area (Å²) in [7, 11) is 0. The van der Waals surface area contributed by atoms with Gasteiger partial charge in [0.05, 0.1) is 0 Å². The minimum Gasteiger partial charge on any atom is -0.320 e. The fraction of sp³-hybridized carbons (Fsp3) is 0.240. The molecular weight excluding hydrogens is 374 g/mol. The van der Waals surface area contributed by atoms with E-state index >= 15 is 0 Å². The smallest absolute Gasteiger partial charge is 0.274 e. The molecule has 2 amide bonds. The molecule has 1 unspecified atom stereocenters. The van der Waals surface area contributed by atoms with Gasteiger partial charge < -0.3 is 10.2 Å². The van der Waals surface area contributed by atoms with Crippen LogP contribution >= 0.6 is 0 Å². The largest absolute Gasteiger partial charge is 0.320 e. The third-order valence-electron chi connectivity index (χ3n) is 5.50. The van der Waals surface area contributed by atoms with E-state index in [1.54, 1.807) is 17.0 Å². The number of fused-ring (bicyclic) bond motifs is 1. The van der Waals surface area contributed by atoms with Crippen LogP contribution in [0.5, 0.6) is 0 Å². The molecule has 2 heterocycles. The van der Waals surface area contributed by atoms with Gasteiger partial charge in [-0.05, 0) is 54.7 Å². The number of hydrogen-bond acceptors (Lipinski definition) is 3. The normalized spacial score (nSPS) is 15.2. The summed E-state index contributed by atoms with van der Waals surface area (Å²) in [5.74, 6) is -0.168. The number of anilines is 2. The van der Waals surface area contributed by atoms with Gasteiger partial charge in [0.25, 0.3) is 11.8 Å². The lowest BCUT2D eigenvalue weighted by Gasteiger charge is -2.23. The molecule has 0 fully saturated rings. The van der Waals surface area contributed by atoms with Crippen molar-refractivity contribution in [3.05, 3.63) is 89.2 Å². The number of aromatic nitrogens is 1. The van der Waals surface area contributed by atoms with Crippen molar-refractivity contribution in [3.63, 3.8) is 0 Å². The Bertz CT molecular complexity index is 1110. The van der Waals surface area contributed by atoms with Crippen LogP contribution in [0.4, 0.5) is 11.4 Å². The van der Waals surface area contributed by atoms with Crippen LogP contribution in [0.15, 0.2) is 66.9 Å². The van der Waals surface area contributed by atoms with E-state index in [-0.39, 0.29) is 29.5 Å². The van der Waals surface area contributed by atoms with Gasteiger partial charge in [0.15, 0.2) is 0 Å². The summed E-state index contributed by atoms with van der Waals surface area (Å²) in [6.07, 6.45) is 2.34. The lowest BCUT2D eigenvalue weighted by molar-refractivity contribution is 0.0981. The van der Waals surface area contributed by atoms with Crippen LogP contribution < -0.4 is 10.2 Å². The molecule has 4 rings (SSSR count). The van der Waals surface area contributed by atoms with Crippen LogP contribution in [-0.2, 0) is 6.42 Å². The van der Waals surface area contributed by atoms with Crippen LogP contribution in [0, 0.1) is 0 Å². The van der Waals surface area contributed by atoms with Gasteiger partial charge in [-0.2, -0.15) is 0 Å². The molecule has 0 bridgehead atoms. The zero-order valence-electron chi connectivity index (χ0n) is 17.4. The van der Waals surface area contributed by atoms with Crippen molar-refractivity contribution in [1.82, 2.24) is 4.98 Å². The zero-order valence-corrected chi connectivity index (χ0v) is 17.4. The van der Waals surface area contributed by atoms with Gasteiger partial charge in [-0.25, -0.2) is 0 Å². The number of amides is 2. The van der Waals surface area contributed by atoms with E-state index in [0.29, 0.717) is 5.56 Å². The van der Waals surface area contributed by atoms with Gasteiger partial charge in [-0.3, -0.25) is 14.6 Å². The molecular formula is C25H25N3O2. The molecule has 2 aromatic carbocycles. The van der Waals surface area contributed by atoms with Crippen molar-refractivity contribution in [3.8, 4) is 0 Å². The Kier molecular flexibility index (Phi) is 5.36. The number of carbonyl (C=O) groups excluding carboxylic acids is 2. The zero-order chi connectivity index (χ0) is 21.3. The number of rotatable bonds is 4. The molecule has 0 saturated heterocycles. The summed E-state index contributed by atoms with van der Waals surface area (Å²) in [6, 6.07) is 19.0. The summed E-state index contributed by atoms with van der Waals surface area (Å²) < 4.78 is 0. The third-order valence-corrected chi connectivity index (χ3v) is 5.50. The Labute approximate surface area is 176 Å². The van der Waals surface area contributed by atoms with Gasteiger partial charge in [-0.15, -0.1) is 0 Å². The van der Waals surface area contributed by atoms with Crippen molar-refractivity contribution >= 4 is 23.2 Å². The van der Waals surface area contributed by atoms with Crippen LogP contribution in [0.25, 0.3) is 0 Å². The van der Waals surface area contributed by atoms with E-state index in [1.165, 1.54) is 6.20 Å². The topological polar surface area (TPSA) is 62.3 Å². The minimum atomic E-state index is -0.326. The second-order valence-corrected chi connectivity index (χ2v) is 7.98. The van der Waals surface area contributed by atoms with Gasteiger partial charge in [0.2, 0.25) is 0 Å². The van der Waals surface area contributed by atoms with E-state index in [2.05, 4.69) is 30.2 Å². The molecule has 5 heteroatoms. The quantitative estimate of drug-likeness (QED) is 0.668. The molecule has 1 N–H and O–H groups in total. The SMILES string of the molecule is CC(C)c1ccccc1NC(=O)c1cc(C(=O)N2c3ccccc3CC2C)ccn1. The van der Waals surface area contributed by atoms with Crippen LogP contribution in [0.2, 0.25) is 0 Å². The van der Waals surface area contributed by atoms with Crippen molar-refractivity contribution < 1.29 is 9.59 Å². The van der Waals surface area contributed by atoms with Crippen molar-refractivity contribution in [1.29, 1.82) is 0 Å². The monoisotopic (exact) mass is 399 g/mol. The lowest BCUT2D eigenvalue weighted by Crippen LogP contribution is -2.35. The Morgan fingerprint density at radius 2 is 1.80 bits per heavy atom. The molecule has 0 saturated carbocycles. The Balaban J connectivity index is 1.59. The standard InChI is InChI=1S/C25H25N3O2/c1-16(2)20-9-5-6-10-21(20)27-24(29)22-15-19(12-13-26-22)25(30)28-17(3)14-18-8-4-7-11-23(18)28/h4-13,15-17H,14H2,1-3H3,(H,27,29). The molecule has 0 spiro atoms. The Hall–Kier alpha value is -3.47. The maximum Gasteiger partial charge on any atom is 0.274 e. The van der Waals surface area contributed by atoms with Crippen molar-refractivity contribution in [2.75, 3.05) is 10.2 Å². The molecule has 3 aromatic rings. The molecule has 1 aliphatic heterocycles. The second kappa shape index (κ2) is 8.11. The first kappa shape index (κ1) is 19.8. The Morgan fingerprint density at radius 1 is 1.07 bits per heavy atom. The van der Waals surface area contributed by atoms with E-state index in [1.807, 2.05) is 49.4 Å². The highest BCUT2D eigenvalue weighted by Crippen LogP contribution is 2.33. The number of nitrogens with one attached hydrogen (secondary N) is 1. The molecule has 30 heavy (non-hydrogen) atoms. The first-order chi connectivity index (χ1) is 14.5. The fourth-order valence-electron chi connectivity index (χ4n) is 4.00. The fourth-order valence-corrected chi connectivity index (χ4v) is 4.00. The molecule has 152 valence electrons. The number of para-hydroxylation sites is 2. The Morgan fingerprint density at radius 3 is 2.60 bits per heavy atom. The molecule has 0 radical (unpaired) electrons. The summed E-state index contributed by atoms with van der Waals surface area (Å²) in [4.78, 5) is 32.1. The summed E-state index contributed by atoms with van der Waals surface area (Å²) in [6.45, 7) is 6.20. The average Bonchev–Trinajstić information content (AvgIpc) is 3.09. The van der Waals surface area contributed by atoms with Crippen LogP contribution in [0.3, 0.4) is 0 Å². The first-order valence-corrected chi connectivity index (χ1v) is 10.2. The maximum atomic E-state index is 13.3. The van der Waals surface area contributed by atoms with Crippen LogP contribution in [-0.4, -0.2) is 22.8 Å². The van der Waals surface area contributed by atoms with Gasteiger partial charge in [0.1, 0.15) is 5.69 Å². The third kappa shape index (κ3) is 3.71. The minimum absolute atomic E-state index is 0.0678. The molecule has 1 aromatic heterocycles. The van der Waals surface area contributed by atoms with Gasteiger partial charge >= 0.3 is 0 Å². The van der Waals surface area contributed by atoms with Gasteiger partial charge in [-0.1, -0.05) is 50.2 Å². The van der Waals surface area contributed by atoms with Crippen molar-refractivity contribution in [2.45, 2.75) is 39.2 Å². The highest BCUT2D eigenvalue weighted by molar-refractivity contribution is 6.10. The van der Waals surface area contributed by atoms with E-state index < -0.39 is 0 Å². The molecule has 5 nitrogen and oxygen atoms in total. The maximum absolute atomic E-state index is 13.3. The number of pyridine rings is 1. The number of carbonyl (C=O) groups is 2. The summed E-state index contributed by atoms with van der Waals surface area (Å²) in [5.41, 5.74) is 4.59. The van der Waals surface area contributed by atoms with Gasteiger partial charge in [0, 0.05) is 29.2 Å². The summed E-state index contributed by atoms with van der Waals surface area (Å²) >= 11 is 0. The summed E-state index contributed by atoms with van der Waals surface area (Å²) in [5, 5.41) is 2.94. The number of nitrogens with zero attached hydrogens (tertiary/aromatic N) is 2. The lowest BCUT2D eigenvalue weighted by atomic mass is 10.0. The van der Waals surface area contributed by atoms with Crippen LogP contribution in [0.1, 0.15) is 58.7 Å². The molecule has 0 aliphatic carbocycles. The number of benzene rings is 2. The van der Waals surface area contributed by atoms with E-state index in [0.717, 1.165) is 28.9 Å². The first-order valence-electron chi connectivity index (χ1n) is 10.2. The highest BCUT2D eigenvalue weighted by Gasteiger charge is 2.31. The second-order valence-electron chi connectivity index (χ2n) is 7.98. The number of hydrogen-bond donors (Lipinski definition) is 1. The van der Waals surface area contributed by atoms with E-state index in [9.17, 15) is 9.59 Å². The average molecular weight is 399 g/mol. The predicted octanol–water partition coefficient (Wildman–Crippen LogP) is 5.05. The van der Waals surface area contributed by atoms with Crippen molar-refractivity contribution in [2.24, 2.45) is 0 Å². The van der Waals surface area contributed by atoms with E-state index in [4.69, 9.17) is 0 Å². The highest BCUT2D eigenvalue weighted by atomic mass is 16.2.